The second kappa shape index (κ2) is 6.48. The first kappa shape index (κ1) is 12.2. The molecule has 16 heavy (non-hydrogen) atoms. The highest BCUT2D eigenvalue weighted by molar-refractivity contribution is 7.99. The standard InChI is InChI=1S/C12H20N2OS/c13-8-11(14-10-3-4-10)5-7-16-9-12-2-1-6-15-12/h10-12,14H,1-7,9H2. The van der Waals surface area contributed by atoms with E-state index in [0.717, 1.165) is 24.5 Å². The van der Waals surface area contributed by atoms with Gasteiger partial charge in [-0.25, -0.2) is 0 Å². The Morgan fingerprint density at radius 2 is 2.31 bits per heavy atom. The van der Waals surface area contributed by atoms with E-state index in [1.54, 1.807) is 0 Å². The molecule has 2 fully saturated rings. The fraction of sp³-hybridized carbons (Fsp3) is 0.917. The van der Waals surface area contributed by atoms with Crippen molar-refractivity contribution >= 4 is 11.8 Å². The largest absolute Gasteiger partial charge is 0.377 e. The first-order chi connectivity index (χ1) is 7.88. The van der Waals surface area contributed by atoms with Crippen LogP contribution in [0, 0.1) is 11.3 Å². The molecule has 1 saturated carbocycles. The Labute approximate surface area is 102 Å². The molecule has 0 amide bonds. The monoisotopic (exact) mass is 240 g/mol. The van der Waals surface area contributed by atoms with Crippen LogP contribution in [0.1, 0.15) is 32.1 Å². The van der Waals surface area contributed by atoms with E-state index in [0.29, 0.717) is 12.1 Å². The summed E-state index contributed by atoms with van der Waals surface area (Å²) in [5.41, 5.74) is 0. The average molecular weight is 240 g/mol. The summed E-state index contributed by atoms with van der Waals surface area (Å²) in [4.78, 5) is 0. The van der Waals surface area contributed by atoms with Gasteiger partial charge in [-0.05, 0) is 37.9 Å². The average Bonchev–Trinajstić information content (AvgIpc) is 2.96. The topological polar surface area (TPSA) is 45.0 Å². The van der Waals surface area contributed by atoms with Crippen molar-refractivity contribution in [1.82, 2.24) is 5.32 Å². The first-order valence-electron chi connectivity index (χ1n) is 6.23. The van der Waals surface area contributed by atoms with Crippen molar-refractivity contribution in [3.8, 4) is 6.07 Å². The molecule has 0 radical (unpaired) electrons. The molecule has 0 spiro atoms. The second-order valence-electron chi connectivity index (χ2n) is 4.62. The van der Waals surface area contributed by atoms with Crippen molar-refractivity contribution in [3.05, 3.63) is 0 Å². The molecule has 1 aliphatic heterocycles. The summed E-state index contributed by atoms with van der Waals surface area (Å²) in [5, 5.41) is 12.3. The number of nitriles is 1. The lowest BCUT2D eigenvalue weighted by Gasteiger charge is -2.11. The Morgan fingerprint density at radius 3 is 2.94 bits per heavy atom. The van der Waals surface area contributed by atoms with E-state index in [1.165, 1.54) is 25.7 Å². The second-order valence-corrected chi connectivity index (χ2v) is 5.77. The van der Waals surface area contributed by atoms with Crippen LogP contribution in [-0.2, 0) is 4.74 Å². The Hall–Kier alpha value is -0.240. The number of ether oxygens (including phenoxy) is 1. The summed E-state index contributed by atoms with van der Waals surface area (Å²) in [6, 6.07) is 3.04. The van der Waals surface area contributed by atoms with E-state index in [1.807, 2.05) is 11.8 Å². The molecule has 3 nitrogen and oxygen atoms in total. The third-order valence-corrected chi connectivity index (χ3v) is 4.18. The molecule has 0 bridgehead atoms. The predicted octanol–water partition coefficient (Wildman–Crippen LogP) is 1.93. The molecular formula is C12H20N2OS. The fourth-order valence-corrected chi connectivity index (χ4v) is 3.01. The van der Waals surface area contributed by atoms with Gasteiger partial charge in [0.15, 0.2) is 0 Å². The SMILES string of the molecule is N#CC(CCSCC1CCCO1)NC1CC1. The molecule has 1 aliphatic carbocycles. The van der Waals surface area contributed by atoms with Gasteiger partial charge in [-0.1, -0.05) is 0 Å². The lowest BCUT2D eigenvalue weighted by molar-refractivity contribution is 0.129. The number of rotatable bonds is 7. The molecule has 0 aromatic rings. The van der Waals surface area contributed by atoms with E-state index in [9.17, 15) is 0 Å². The molecule has 1 N–H and O–H groups in total. The molecule has 2 aliphatic rings. The lowest BCUT2D eigenvalue weighted by atomic mass is 10.2. The van der Waals surface area contributed by atoms with E-state index in [-0.39, 0.29) is 6.04 Å². The minimum absolute atomic E-state index is 0.0597. The smallest absolute Gasteiger partial charge is 0.0963 e. The van der Waals surface area contributed by atoms with Crippen molar-refractivity contribution in [3.63, 3.8) is 0 Å². The van der Waals surface area contributed by atoms with E-state index >= 15 is 0 Å². The molecule has 1 saturated heterocycles. The zero-order valence-electron chi connectivity index (χ0n) is 9.65. The zero-order valence-corrected chi connectivity index (χ0v) is 10.5. The van der Waals surface area contributed by atoms with Crippen LogP contribution in [0.2, 0.25) is 0 Å². The van der Waals surface area contributed by atoms with Gasteiger partial charge in [-0.15, -0.1) is 0 Å². The number of nitrogens with one attached hydrogen (secondary N) is 1. The summed E-state index contributed by atoms with van der Waals surface area (Å²) in [6.07, 6.45) is 6.37. The van der Waals surface area contributed by atoms with Crippen LogP contribution < -0.4 is 5.32 Å². The molecule has 4 heteroatoms. The minimum atomic E-state index is 0.0597. The summed E-state index contributed by atoms with van der Waals surface area (Å²) in [7, 11) is 0. The third-order valence-electron chi connectivity index (χ3n) is 3.05. The maximum Gasteiger partial charge on any atom is 0.0963 e. The van der Waals surface area contributed by atoms with Crippen LogP contribution in [0.4, 0.5) is 0 Å². The van der Waals surface area contributed by atoms with Gasteiger partial charge >= 0.3 is 0 Å². The first-order valence-corrected chi connectivity index (χ1v) is 7.39. The highest BCUT2D eigenvalue weighted by atomic mass is 32.2. The Kier molecular flexibility index (Phi) is 4.95. The Bertz CT molecular complexity index is 244. The van der Waals surface area contributed by atoms with Crippen LogP contribution in [0.5, 0.6) is 0 Å². The highest BCUT2D eigenvalue weighted by Gasteiger charge is 2.24. The van der Waals surface area contributed by atoms with Crippen molar-refractivity contribution in [2.75, 3.05) is 18.1 Å². The van der Waals surface area contributed by atoms with Crippen molar-refractivity contribution < 1.29 is 4.74 Å². The molecule has 1 heterocycles. The van der Waals surface area contributed by atoms with Crippen molar-refractivity contribution in [2.45, 2.75) is 50.3 Å². The van der Waals surface area contributed by atoms with E-state index in [2.05, 4.69) is 11.4 Å². The van der Waals surface area contributed by atoms with E-state index in [4.69, 9.17) is 10.00 Å². The number of hydrogen-bond donors (Lipinski definition) is 1. The molecule has 2 atom stereocenters. The van der Waals surface area contributed by atoms with Gasteiger partial charge in [-0.3, -0.25) is 5.32 Å². The van der Waals surface area contributed by atoms with Crippen LogP contribution in [0.3, 0.4) is 0 Å². The molecule has 2 rings (SSSR count). The van der Waals surface area contributed by atoms with E-state index < -0.39 is 0 Å². The Morgan fingerprint density at radius 1 is 1.44 bits per heavy atom. The van der Waals surface area contributed by atoms with Gasteiger partial charge in [0.25, 0.3) is 0 Å². The summed E-state index contributed by atoms with van der Waals surface area (Å²) in [6.45, 7) is 0.940. The van der Waals surface area contributed by atoms with Gasteiger partial charge in [0.05, 0.1) is 18.2 Å². The molecule has 2 unspecified atom stereocenters. The third kappa shape index (κ3) is 4.32. The minimum Gasteiger partial charge on any atom is -0.377 e. The molecule has 90 valence electrons. The molecule has 0 aromatic heterocycles. The maximum atomic E-state index is 8.97. The molecule has 0 aromatic carbocycles. The summed E-state index contributed by atoms with van der Waals surface area (Å²) in [5.74, 6) is 2.17. The van der Waals surface area contributed by atoms with Crippen LogP contribution in [-0.4, -0.2) is 36.3 Å². The predicted molar refractivity (Wildman–Crippen MR) is 66.5 cm³/mol. The molecular weight excluding hydrogens is 220 g/mol. The van der Waals surface area contributed by atoms with Gasteiger partial charge in [-0.2, -0.15) is 17.0 Å². The van der Waals surface area contributed by atoms with Crippen molar-refractivity contribution in [1.29, 1.82) is 5.26 Å². The maximum absolute atomic E-state index is 8.97. The number of hydrogen-bond acceptors (Lipinski definition) is 4. The van der Waals surface area contributed by atoms with Gasteiger partial charge < -0.3 is 4.74 Å². The van der Waals surface area contributed by atoms with Crippen LogP contribution >= 0.6 is 11.8 Å². The zero-order chi connectivity index (χ0) is 11.2. The summed E-state index contributed by atoms with van der Waals surface area (Å²) >= 11 is 1.93. The normalized spacial score (nSPS) is 26.6. The fourth-order valence-electron chi connectivity index (χ4n) is 1.91. The van der Waals surface area contributed by atoms with Crippen LogP contribution in [0.15, 0.2) is 0 Å². The lowest BCUT2D eigenvalue weighted by Crippen LogP contribution is -2.30. The van der Waals surface area contributed by atoms with Crippen LogP contribution in [0.25, 0.3) is 0 Å². The Balaban J connectivity index is 1.50. The van der Waals surface area contributed by atoms with Gasteiger partial charge in [0, 0.05) is 18.4 Å². The van der Waals surface area contributed by atoms with Gasteiger partial charge in [0.1, 0.15) is 0 Å². The quantitative estimate of drug-likeness (QED) is 0.691. The number of thioether (sulfide) groups is 1. The highest BCUT2D eigenvalue weighted by Crippen LogP contribution is 2.21. The number of nitrogens with zero attached hydrogens (tertiary/aromatic N) is 1. The van der Waals surface area contributed by atoms with Gasteiger partial charge in [0.2, 0.25) is 0 Å². The van der Waals surface area contributed by atoms with Crippen molar-refractivity contribution in [2.24, 2.45) is 0 Å². The summed E-state index contributed by atoms with van der Waals surface area (Å²) < 4.78 is 5.56.